The normalized spacial score (nSPS) is 10.2. The molecule has 0 aliphatic carbocycles. The van der Waals surface area contributed by atoms with Gasteiger partial charge in [-0.3, -0.25) is 19.9 Å². The molecular formula is C13H13FN4O3. The van der Waals surface area contributed by atoms with Gasteiger partial charge >= 0.3 is 0 Å². The van der Waals surface area contributed by atoms with E-state index in [-0.39, 0.29) is 24.5 Å². The zero-order valence-corrected chi connectivity index (χ0v) is 10.9. The maximum atomic E-state index is 12.8. The SMILES string of the molecule is O=C(CCNC(=O)c1cc(-c2ccc(F)cc2)n[nH]1)NO. The monoisotopic (exact) mass is 292 g/mol. The first-order valence-electron chi connectivity index (χ1n) is 6.12. The predicted molar refractivity (Wildman–Crippen MR) is 70.9 cm³/mol. The molecule has 110 valence electrons. The van der Waals surface area contributed by atoms with Gasteiger partial charge in [-0.2, -0.15) is 5.10 Å². The minimum atomic E-state index is -0.591. The Labute approximate surface area is 119 Å². The van der Waals surface area contributed by atoms with E-state index < -0.39 is 11.8 Å². The quantitative estimate of drug-likeness (QED) is 0.484. The Hall–Kier alpha value is -2.74. The van der Waals surface area contributed by atoms with Crippen molar-refractivity contribution in [1.29, 1.82) is 0 Å². The lowest BCUT2D eigenvalue weighted by atomic mass is 10.1. The molecule has 2 rings (SSSR count). The number of halogens is 1. The highest BCUT2D eigenvalue weighted by atomic mass is 19.1. The third-order valence-corrected chi connectivity index (χ3v) is 2.72. The molecule has 2 amide bonds. The smallest absolute Gasteiger partial charge is 0.269 e. The van der Waals surface area contributed by atoms with Crippen LogP contribution < -0.4 is 10.8 Å². The van der Waals surface area contributed by atoms with Gasteiger partial charge in [0.25, 0.3) is 5.91 Å². The number of aromatic nitrogens is 2. The molecule has 1 aromatic carbocycles. The molecule has 2 aromatic rings. The van der Waals surface area contributed by atoms with Crippen LogP contribution in [0.2, 0.25) is 0 Å². The largest absolute Gasteiger partial charge is 0.350 e. The molecule has 7 nitrogen and oxygen atoms in total. The van der Waals surface area contributed by atoms with Gasteiger partial charge in [-0.05, 0) is 30.3 Å². The molecule has 4 N–H and O–H groups in total. The van der Waals surface area contributed by atoms with Gasteiger partial charge in [0, 0.05) is 18.5 Å². The lowest BCUT2D eigenvalue weighted by Gasteiger charge is -2.01. The summed E-state index contributed by atoms with van der Waals surface area (Å²) in [6, 6.07) is 7.24. The van der Waals surface area contributed by atoms with Crippen LogP contribution in [0, 0.1) is 5.82 Å². The third-order valence-electron chi connectivity index (χ3n) is 2.72. The van der Waals surface area contributed by atoms with E-state index >= 15 is 0 Å². The molecule has 0 atom stereocenters. The summed E-state index contributed by atoms with van der Waals surface area (Å²) < 4.78 is 12.8. The number of benzene rings is 1. The molecule has 0 radical (unpaired) electrons. The van der Waals surface area contributed by atoms with Crippen LogP contribution in [0.5, 0.6) is 0 Å². The van der Waals surface area contributed by atoms with Crippen LogP contribution in [-0.2, 0) is 4.79 Å². The van der Waals surface area contributed by atoms with Crippen LogP contribution >= 0.6 is 0 Å². The van der Waals surface area contributed by atoms with E-state index in [1.807, 2.05) is 0 Å². The molecule has 0 saturated heterocycles. The van der Waals surface area contributed by atoms with Crippen LogP contribution in [0.25, 0.3) is 11.3 Å². The summed E-state index contributed by atoms with van der Waals surface area (Å²) in [5, 5.41) is 17.3. The summed E-state index contributed by atoms with van der Waals surface area (Å²) in [5.41, 5.74) is 2.87. The fourth-order valence-corrected chi connectivity index (χ4v) is 1.65. The second-order valence-corrected chi connectivity index (χ2v) is 4.21. The van der Waals surface area contributed by atoms with Crippen molar-refractivity contribution >= 4 is 11.8 Å². The number of hydroxylamine groups is 1. The summed E-state index contributed by atoms with van der Waals surface area (Å²) in [6.45, 7) is 0.0795. The standard InChI is InChI=1S/C13H13FN4O3/c14-9-3-1-8(2-4-9)10-7-11(17-16-10)13(20)15-6-5-12(19)18-21/h1-4,7,21H,5-6H2,(H,15,20)(H,16,17)(H,18,19). The fourth-order valence-electron chi connectivity index (χ4n) is 1.65. The summed E-state index contributed by atoms with van der Waals surface area (Å²) in [6.07, 6.45) is -0.0405. The number of hydrogen-bond acceptors (Lipinski definition) is 4. The second-order valence-electron chi connectivity index (χ2n) is 4.21. The molecule has 8 heteroatoms. The van der Waals surface area contributed by atoms with Gasteiger partial charge in [0.05, 0.1) is 5.69 Å². The summed E-state index contributed by atoms with van der Waals surface area (Å²) in [5.74, 6) is -1.37. The van der Waals surface area contributed by atoms with Gasteiger partial charge < -0.3 is 5.32 Å². The summed E-state index contributed by atoms with van der Waals surface area (Å²) in [4.78, 5) is 22.6. The van der Waals surface area contributed by atoms with Gasteiger partial charge in [0.1, 0.15) is 11.5 Å². The van der Waals surface area contributed by atoms with Gasteiger partial charge in [-0.1, -0.05) is 0 Å². The minimum Gasteiger partial charge on any atom is -0.350 e. The van der Waals surface area contributed by atoms with E-state index in [1.54, 1.807) is 12.1 Å². The Balaban J connectivity index is 1.97. The molecule has 0 spiro atoms. The number of H-pyrrole nitrogens is 1. The topological polar surface area (TPSA) is 107 Å². The summed E-state index contributed by atoms with van der Waals surface area (Å²) >= 11 is 0. The Morgan fingerprint density at radius 2 is 2.00 bits per heavy atom. The van der Waals surface area contributed by atoms with Gasteiger partial charge in [0.15, 0.2) is 0 Å². The lowest BCUT2D eigenvalue weighted by molar-refractivity contribution is -0.129. The number of carbonyl (C=O) groups is 2. The molecule has 21 heavy (non-hydrogen) atoms. The van der Waals surface area contributed by atoms with Crippen LogP contribution in [-0.4, -0.2) is 33.8 Å². The van der Waals surface area contributed by atoms with Crippen LogP contribution in [0.3, 0.4) is 0 Å². The molecule has 0 aliphatic heterocycles. The van der Waals surface area contributed by atoms with E-state index in [0.717, 1.165) is 0 Å². The predicted octanol–water partition coefficient (Wildman–Crippen LogP) is 0.841. The molecule has 0 unspecified atom stereocenters. The van der Waals surface area contributed by atoms with E-state index in [1.165, 1.54) is 23.7 Å². The molecule has 0 fully saturated rings. The number of amides is 2. The van der Waals surface area contributed by atoms with Gasteiger partial charge in [0.2, 0.25) is 5.91 Å². The number of aromatic amines is 1. The van der Waals surface area contributed by atoms with Crippen LogP contribution in [0.1, 0.15) is 16.9 Å². The number of rotatable bonds is 5. The molecule has 0 saturated carbocycles. The third kappa shape index (κ3) is 3.86. The van der Waals surface area contributed by atoms with Crippen molar-refractivity contribution in [1.82, 2.24) is 21.0 Å². The van der Waals surface area contributed by atoms with Crippen molar-refractivity contribution in [3.63, 3.8) is 0 Å². The van der Waals surface area contributed by atoms with E-state index in [0.29, 0.717) is 11.3 Å². The highest BCUT2D eigenvalue weighted by Gasteiger charge is 2.11. The van der Waals surface area contributed by atoms with Crippen molar-refractivity contribution in [2.45, 2.75) is 6.42 Å². The van der Waals surface area contributed by atoms with Crippen LogP contribution in [0.15, 0.2) is 30.3 Å². The number of nitrogens with zero attached hydrogens (tertiary/aromatic N) is 1. The maximum Gasteiger partial charge on any atom is 0.269 e. The highest BCUT2D eigenvalue weighted by molar-refractivity contribution is 5.93. The first-order chi connectivity index (χ1) is 10.1. The maximum absolute atomic E-state index is 12.8. The van der Waals surface area contributed by atoms with E-state index in [4.69, 9.17) is 5.21 Å². The lowest BCUT2D eigenvalue weighted by Crippen LogP contribution is -2.29. The Kier molecular flexibility index (Phi) is 4.62. The first-order valence-corrected chi connectivity index (χ1v) is 6.12. The van der Waals surface area contributed by atoms with Crippen LogP contribution in [0.4, 0.5) is 4.39 Å². The number of hydrogen-bond donors (Lipinski definition) is 4. The molecular weight excluding hydrogens is 279 g/mol. The zero-order chi connectivity index (χ0) is 15.2. The first kappa shape index (κ1) is 14.7. The van der Waals surface area contributed by atoms with Crippen molar-refractivity contribution in [3.05, 3.63) is 41.8 Å². The average molecular weight is 292 g/mol. The summed E-state index contributed by atoms with van der Waals surface area (Å²) in [7, 11) is 0. The van der Waals surface area contributed by atoms with Gasteiger partial charge in [-0.25, -0.2) is 9.87 Å². The van der Waals surface area contributed by atoms with E-state index in [2.05, 4.69) is 15.5 Å². The molecule has 1 heterocycles. The fraction of sp³-hybridized carbons (Fsp3) is 0.154. The molecule has 0 aliphatic rings. The minimum absolute atomic E-state index is 0.0405. The Morgan fingerprint density at radius 3 is 2.67 bits per heavy atom. The van der Waals surface area contributed by atoms with Crippen molar-refractivity contribution in [2.24, 2.45) is 0 Å². The van der Waals surface area contributed by atoms with Crippen molar-refractivity contribution in [3.8, 4) is 11.3 Å². The Morgan fingerprint density at radius 1 is 1.29 bits per heavy atom. The number of nitrogens with one attached hydrogen (secondary N) is 3. The van der Waals surface area contributed by atoms with Crippen molar-refractivity contribution in [2.75, 3.05) is 6.54 Å². The molecule has 1 aromatic heterocycles. The average Bonchev–Trinajstić information content (AvgIpc) is 2.97. The second kappa shape index (κ2) is 6.62. The Bertz CT molecular complexity index is 639. The van der Waals surface area contributed by atoms with E-state index in [9.17, 15) is 14.0 Å². The highest BCUT2D eigenvalue weighted by Crippen LogP contribution is 2.17. The molecule has 0 bridgehead atoms. The van der Waals surface area contributed by atoms with Gasteiger partial charge in [-0.15, -0.1) is 0 Å². The van der Waals surface area contributed by atoms with Crippen molar-refractivity contribution < 1.29 is 19.2 Å². The number of carbonyl (C=O) groups excluding carboxylic acids is 2. The zero-order valence-electron chi connectivity index (χ0n) is 10.9.